The van der Waals surface area contributed by atoms with Gasteiger partial charge in [-0.2, -0.15) is 0 Å². The Bertz CT molecular complexity index is 473. The van der Waals surface area contributed by atoms with E-state index in [2.05, 4.69) is 26.1 Å². The molecular formula is C16H22BrFN2O. The van der Waals surface area contributed by atoms with Gasteiger partial charge in [-0.15, -0.1) is 0 Å². The molecule has 1 aliphatic rings. The Labute approximate surface area is 134 Å². The Morgan fingerprint density at radius 2 is 1.95 bits per heavy atom. The summed E-state index contributed by atoms with van der Waals surface area (Å²) in [7, 11) is 0. The maximum absolute atomic E-state index is 13.6. The molecule has 0 bridgehead atoms. The Hall–Kier alpha value is -0.940. The van der Waals surface area contributed by atoms with Crippen molar-refractivity contribution in [1.29, 1.82) is 0 Å². The molecule has 0 aromatic heterocycles. The molecule has 2 rings (SSSR count). The average molecular weight is 357 g/mol. The first kappa shape index (κ1) is 16.4. The van der Waals surface area contributed by atoms with Crippen LogP contribution >= 0.6 is 15.9 Å². The fourth-order valence-corrected chi connectivity index (χ4v) is 2.97. The van der Waals surface area contributed by atoms with Crippen molar-refractivity contribution in [2.45, 2.75) is 32.1 Å². The molecule has 0 aliphatic carbocycles. The van der Waals surface area contributed by atoms with Crippen LogP contribution in [0.25, 0.3) is 0 Å². The van der Waals surface area contributed by atoms with Gasteiger partial charge in [0.1, 0.15) is 5.82 Å². The summed E-state index contributed by atoms with van der Waals surface area (Å²) in [6, 6.07) is 4.49. The van der Waals surface area contributed by atoms with Crippen LogP contribution in [0.15, 0.2) is 22.7 Å². The van der Waals surface area contributed by atoms with Gasteiger partial charge in [-0.1, -0.05) is 28.8 Å². The lowest BCUT2D eigenvalue weighted by Gasteiger charge is -2.19. The van der Waals surface area contributed by atoms with Crippen LogP contribution in [-0.2, 0) is 0 Å². The minimum Gasteiger partial charge on any atom is -0.352 e. The van der Waals surface area contributed by atoms with Gasteiger partial charge >= 0.3 is 0 Å². The standard InChI is InChI=1S/C16H22BrFN2O/c17-13-6-7-14(15(18)12-13)16(21)19-8-5-11-20-9-3-1-2-4-10-20/h6-7,12H,1-5,8-11H2,(H,19,21). The normalized spacial score (nSPS) is 16.5. The molecule has 1 amide bonds. The van der Waals surface area contributed by atoms with E-state index in [9.17, 15) is 9.18 Å². The Morgan fingerprint density at radius 1 is 1.24 bits per heavy atom. The van der Waals surface area contributed by atoms with Crippen molar-refractivity contribution in [3.8, 4) is 0 Å². The Kier molecular flexibility index (Phi) is 6.64. The second-order valence-electron chi connectivity index (χ2n) is 5.49. The molecular weight excluding hydrogens is 335 g/mol. The number of likely N-dealkylation sites (tertiary alicyclic amines) is 1. The van der Waals surface area contributed by atoms with E-state index in [0.29, 0.717) is 11.0 Å². The quantitative estimate of drug-likeness (QED) is 0.817. The molecule has 1 saturated heterocycles. The first-order chi connectivity index (χ1) is 10.2. The number of amides is 1. The molecule has 1 aliphatic heterocycles. The number of nitrogens with zero attached hydrogens (tertiary/aromatic N) is 1. The van der Waals surface area contributed by atoms with Gasteiger partial charge in [0.25, 0.3) is 5.91 Å². The number of hydrogen-bond donors (Lipinski definition) is 1. The molecule has 116 valence electrons. The van der Waals surface area contributed by atoms with E-state index >= 15 is 0 Å². The minimum atomic E-state index is -0.491. The fourth-order valence-electron chi connectivity index (χ4n) is 2.63. The number of hydrogen-bond acceptors (Lipinski definition) is 2. The Morgan fingerprint density at radius 3 is 2.62 bits per heavy atom. The van der Waals surface area contributed by atoms with Crippen LogP contribution in [-0.4, -0.2) is 37.0 Å². The van der Waals surface area contributed by atoms with Crippen molar-refractivity contribution in [2.75, 3.05) is 26.2 Å². The molecule has 0 unspecified atom stereocenters. The zero-order valence-electron chi connectivity index (χ0n) is 12.2. The lowest BCUT2D eigenvalue weighted by molar-refractivity contribution is 0.0947. The highest BCUT2D eigenvalue weighted by Crippen LogP contribution is 2.15. The molecule has 1 aromatic rings. The topological polar surface area (TPSA) is 32.3 Å². The maximum atomic E-state index is 13.6. The van der Waals surface area contributed by atoms with Crippen LogP contribution < -0.4 is 5.32 Å². The summed E-state index contributed by atoms with van der Waals surface area (Å²) in [5.41, 5.74) is 0.105. The first-order valence-electron chi connectivity index (χ1n) is 7.62. The van der Waals surface area contributed by atoms with Gasteiger partial charge in [0, 0.05) is 11.0 Å². The van der Waals surface area contributed by atoms with Gasteiger partial charge < -0.3 is 10.2 Å². The highest BCUT2D eigenvalue weighted by molar-refractivity contribution is 9.10. The summed E-state index contributed by atoms with van der Waals surface area (Å²) in [6.45, 7) is 3.92. The molecule has 21 heavy (non-hydrogen) atoms. The summed E-state index contributed by atoms with van der Waals surface area (Å²) in [5.74, 6) is -0.828. The number of benzene rings is 1. The van der Waals surface area contributed by atoms with Gasteiger partial charge in [-0.25, -0.2) is 4.39 Å². The molecule has 0 atom stereocenters. The number of nitrogens with one attached hydrogen (secondary N) is 1. The fraction of sp³-hybridized carbons (Fsp3) is 0.562. The highest BCUT2D eigenvalue weighted by Gasteiger charge is 2.12. The summed E-state index contributed by atoms with van der Waals surface area (Å²) >= 11 is 3.18. The number of carbonyl (C=O) groups is 1. The van der Waals surface area contributed by atoms with E-state index in [1.807, 2.05) is 0 Å². The van der Waals surface area contributed by atoms with Crippen LogP contribution in [0.1, 0.15) is 42.5 Å². The van der Waals surface area contributed by atoms with Gasteiger partial charge in [-0.3, -0.25) is 4.79 Å². The number of rotatable bonds is 5. The van der Waals surface area contributed by atoms with E-state index in [1.54, 1.807) is 6.07 Å². The molecule has 1 heterocycles. The van der Waals surface area contributed by atoms with Crippen molar-refractivity contribution in [1.82, 2.24) is 10.2 Å². The third-order valence-corrected chi connectivity index (χ3v) is 4.30. The van der Waals surface area contributed by atoms with Crippen LogP contribution in [0.4, 0.5) is 4.39 Å². The van der Waals surface area contributed by atoms with Gasteiger partial charge in [-0.05, 0) is 57.1 Å². The molecule has 1 N–H and O–H groups in total. The third-order valence-electron chi connectivity index (χ3n) is 3.81. The maximum Gasteiger partial charge on any atom is 0.254 e. The van der Waals surface area contributed by atoms with Crippen molar-refractivity contribution >= 4 is 21.8 Å². The van der Waals surface area contributed by atoms with Crippen LogP contribution in [0.2, 0.25) is 0 Å². The summed E-state index contributed by atoms with van der Waals surface area (Å²) in [6.07, 6.45) is 6.11. The first-order valence-corrected chi connectivity index (χ1v) is 8.42. The second-order valence-corrected chi connectivity index (χ2v) is 6.41. The molecule has 0 radical (unpaired) electrons. The largest absolute Gasteiger partial charge is 0.352 e. The SMILES string of the molecule is O=C(NCCCN1CCCCCC1)c1ccc(Br)cc1F. The molecule has 0 spiro atoms. The number of carbonyl (C=O) groups excluding carboxylic acids is 1. The van der Waals surface area contributed by atoms with E-state index < -0.39 is 5.82 Å². The van der Waals surface area contributed by atoms with Crippen molar-refractivity contribution in [3.63, 3.8) is 0 Å². The molecule has 3 nitrogen and oxygen atoms in total. The van der Waals surface area contributed by atoms with E-state index in [1.165, 1.54) is 37.8 Å². The van der Waals surface area contributed by atoms with Crippen molar-refractivity contribution in [2.24, 2.45) is 0 Å². The zero-order valence-corrected chi connectivity index (χ0v) is 13.8. The van der Waals surface area contributed by atoms with E-state index in [0.717, 1.165) is 26.1 Å². The van der Waals surface area contributed by atoms with Crippen LogP contribution in [0.3, 0.4) is 0 Å². The second kappa shape index (κ2) is 8.49. The Balaban J connectivity index is 1.71. The highest BCUT2D eigenvalue weighted by atomic mass is 79.9. The van der Waals surface area contributed by atoms with Crippen molar-refractivity contribution in [3.05, 3.63) is 34.1 Å². The lowest BCUT2D eigenvalue weighted by Crippen LogP contribution is -2.31. The third kappa shape index (κ3) is 5.40. The summed E-state index contributed by atoms with van der Waals surface area (Å²) in [5, 5.41) is 2.79. The lowest BCUT2D eigenvalue weighted by atomic mass is 10.2. The number of halogens is 2. The average Bonchev–Trinajstić information content (AvgIpc) is 2.72. The van der Waals surface area contributed by atoms with E-state index in [-0.39, 0.29) is 11.5 Å². The molecule has 1 aromatic carbocycles. The van der Waals surface area contributed by atoms with E-state index in [4.69, 9.17) is 0 Å². The molecule has 5 heteroatoms. The summed E-state index contributed by atoms with van der Waals surface area (Å²) in [4.78, 5) is 14.4. The van der Waals surface area contributed by atoms with Crippen LogP contribution in [0.5, 0.6) is 0 Å². The van der Waals surface area contributed by atoms with Gasteiger partial charge in [0.2, 0.25) is 0 Å². The predicted molar refractivity (Wildman–Crippen MR) is 86.0 cm³/mol. The van der Waals surface area contributed by atoms with Gasteiger partial charge in [0.15, 0.2) is 0 Å². The monoisotopic (exact) mass is 356 g/mol. The summed E-state index contributed by atoms with van der Waals surface area (Å²) < 4.78 is 14.3. The molecule has 1 fully saturated rings. The van der Waals surface area contributed by atoms with Crippen molar-refractivity contribution < 1.29 is 9.18 Å². The predicted octanol–water partition coefficient (Wildman–Crippen LogP) is 3.58. The minimum absolute atomic E-state index is 0.105. The molecule has 0 saturated carbocycles. The smallest absolute Gasteiger partial charge is 0.254 e. The van der Waals surface area contributed by atoms with Gasteiger partial charge in [0.05, 0.1) is 5.56 Å². The zero-order chi connectivity index (χ0) is 15.1. The van der Waals surface area contributed by atoms with Crippen LogP contribution in [0, 0.1) is 5.82 Å².